The quantitative estimate of drug-likeness (QED) is 0.395. The molecular weight excluding hydrogens is 499 g/mol. The largest absolute Gasteiger partial charge is 0.416 e. The van der Waals surface area contributed by atoms with Crippen LogP contribution in [0.5, 0.6) is 0 Å². The first-order valence-electron chi connectivity index (χ1n) is 12.0. The molecule has 8 nitrogen and oxygen atoms in total. The topological polar surface area (TPSA) is 88.5 Å². The lowest BCUT2D eigenvalue weighted by molar-refractivity contribution is -0.137. The van der Waals surface area contributed by atoms with Crippen LogP contribution in [0.25, 0.3) is 5.69 Å². The Kier molecular flexibility index (Phi) is 8.82. The van der Waals surface area contributed by atoms with Gasteiger partial charge in [-0.25, -0.2) is 9.48 Å². The molecule has 0 fully saturated rings. The smallest absolute Gasteiger partial charge is 0.383 e. The summed E-state index contributed by atoms with van der Waals surface area (Å²) in [6.45, 7) is 7.77. The van der Waals surface area contributed by atoms with E-state index in [0.717, 1.165) is 34.0 Å². The van der Waals surface area contributed by atoms with Crippen molar-refractivity contribution in [1.29, 1.82) is 0 Å². The van der Waals surface area contributed by atoms with Gasteiger partial charge in [0.15, 0.2) is 0 Å². The van der Waals surface area contributed by atoms with Gasteiger partial charge in [-0.3, -0.25) is 4.79 Å². The molecule has 3 amide bonds. The number of nitrogens with zero attached hydrogens (tertiary/aromatic N) is 3. The summed E-state index contributed by atoms with van der Waals surface area (Å²) in [7, 11) is 1.44. The number of anilines is 2. The van der Waals surface area contributed by atoms with Crippen molar-refractivity contribution >= 4 is 23.4 Å². The number of benzene rings is 2. The molecule has 2 N–H and O–H groups in total. The number of alkyl halides is 3. The number of urea groups is 1. The number of aryl methyl sites for hydroxylation is 1. The van der Waals surface area contributed by atoms with Crippen LogP contribution in [-0.4, -0.2) is 53.4 Å². The number of hydrogen-bond acceptors (Lipinski definition) is 4. The van der Waals surface area contributed by atoms with E-state index in [9.17, 15) is 22.8 Å². The molecule has 1 aromatic heterocycles. The number of amides is 3. The van der Waals surface area contributed by atoms with Gasteiger partial charge in [0.1, 0.15) is 12.4 Å². The predicted octanol–water partition coefficient (Wildman–Crippen LogP) is 5.62. The maximum atomic E-state index is 13.1. The number of methoxy groups -OCH3 is 1. The van der Waals surface area contributed by atoms with Crippen LogP contribution in [0.15, 0.2) is 54.6 Å². The van der Waals surface area contributed by atoms with Gasteiger partial charge >= 0.3 is 12.2 Å². The maximum Gasteiger partial charge on any atom is 0.416 e. The summed E-state index contributed by atoms with van der Waals surface area (Å²) in [6, 6.07) is 13.0. The molecule has 2 aromatic carbocycles. The first kappa shape index (κ1) is 28.7. The van der Waals surface area contributed by atoms with E-state index in [1.165, 1.54) is 19.2 Å². The second-order valence-corrected chi connectivity index (χ2v) is 9.89. The van der Waals surface area contributed by atoms with Gasteiger partial charge in [-0.2, -0.15) is 18.3 Å². The van der Waals surface area contributed by atoms with E-state index >= 15 is 0 Å². The molecule has 38 heavy (non-hydrogen) atoms. The summed E-state index contributed by atoms with van der Waals surface area (Å²) in [6.07, 6.45) is -4.55. The van der Waals surface area contributed by atoms with E-state index < -0.39 is 23.7 Å². The molecule has 204 valence electrons. The maximum absolute atomic E-state index is 13.1. The zero-order valence-electron chi connectivity index (χ0n) is 22.0. The predicted molar refractivity (Wildman–Crippen MR) is 140 cm³/mol. The van der Waals surface area contributed by atoms with Crippen molar-refractivity contribution in [3.05, 3.63) is 71.4 Å². The molecule has 0 saturated heterocycles. The number of carbonyl (C=O) groups excluding carboxylic acids is 2. The van der Waals surface area contributed by atoms with E-state index in [-0.39, 0.29) is 30.8 Å². The Morgan fingerprint density at radius 2 is 1.74 bits per heavy atom. The van der Waals surface area contributed by atoms with Crippen LogP contribution in [0, 0.1) is 6.92 Å². The number of nitrogens with one attached hydrogen (secondary N) is 2. The Bertz CT molecular complexity index is 1280. The Morgan fingerprint density at radius 3 is 2.37 bits per heavy atom. The number of rotatable bonds is 8. The Morgan fingerprint density at radius 1 is 1.03 bits per heavy atom. The molecule has 3 aromatic rings. The van der Waals surface area contributed by atoms with Crippen LogP contribution in [0.1, 0.15) is 37.6 Å². The summed E-state index contributed by atoms with van der Waals surface area (Å²) in [5.41, 5.74) is 1.31. The van der Waals surface area contributed by atoms with Gasteiger partial charge in [0.25, 0.3) is 0 Å². The van der Waals surface area contributed by atoms with Crippen molar-refractivity contribution in [2.45, 2.75) is 39.3 Å². The van der Waals surface area contributed by atoms with E-state index in [1.807, 2.05) is 52.0 Å². The van der Waals surface area contributed by atoms with Crippen LogP contribution in [0.3, 0.4) is 0 Å². The van der Waals surface area contributed by atoms with E-state index in [0.29, 0.717) is 5.82 Å². The minimum atomic E-state index is -4.55. The molecule has 0 unspecified atom stereocenters. The zero-order chi connectivity index (χ0) is 28.1. The van der Waals surface area contributed by atoms with E-state index in [2.05, 4.69) is 10.6 Å². The van der Waals surface area contributed by atoms with Crippen LogP contribution in [0.2, 0.25) is 0 Å². The van der Waals surface area contributed by atoms with Crippen LogP contribution >= 0.6 is 0 Å². The highest BCUT2D eigenvalue weighted by Crippen LogP contribution is 2.31. The third-order valence-electron chi connectivity index (χ3n) is 5.62. The lowest BCUT2D eigenvalue weighted by Crippen LogP contribution is -2.42. The Hall–Kier alpha value is -3.86. The van der Waals surface area contributed by atoms with Gasteiger partial charge in [-0.1, -0.05) is 39.0 Å². The molecule has 0 radical (unpaired) electrons. The number of hydrogen-bond donors (Lipinski definition) is 2. The van der Waals surface area contributed by atoms with Crippen molar-refractivity contribution in [3.63, 3.8) is 0 Å². The molecule has 0 aliphatic carbocycles. The van der Waals surface area contributed by atoms with Crippen LogP contribution < -0.4 is 10.6 Å². The lowest BCUT2D eigenvalue weighted by atomic mass is 9.92. The molecule has 1 heterocycles. The lowest BCUT2D eigenvalue weighted by Gasteiger charge is -2.22. The summed E-state index contributed by atoms with van der Waals surface area (Å²) in [4.78, 5) is 27.1. The molecular formula is C27H32F3N5O3. The first-order valence-corrected chi connectivity index (χ1v) is 12.0. The average molecular weight is 532 g/mol. The Labute approximate surface area is 219 Å². The molecule has 0 atom stereocenters. The van der Waals surface area contributed by atoms with Crippen LogP contribution in [0.4, 0.5) is 29.5 Å². The van der Waals surface area contributed by atoms with Gasteiger partial charge in [0, 0.05) is 30.8 Å². The summed E-state index contributed by atoms with van der Waals surface area (Å²) >= 11 is 0. The van der Waals surface area contributed by atoms with Crippen molar-refractivity contribution < 1.29 is 27.5 Å². The van der Waals surface area contributed by atoms with Crippen molar-refractivity contribution in [2.75, 3.05) is 37.4 Å². The molecule has 0 aliphatic heterocycles. The van der Waals surface area contributed by atoms with Gasteiger partial charge in [-0.05, 0) is 42.8 Å². The molecule has 3 rings (SSSR count). The molecule has 0 spiro atoms. The summed E-state index contributed by atoms with van der Waals surface area (Å²) in [5, 5.41) is 9.95. The monoisotopic (exact) mass is 531 g/mol. The van der Waals surface area contributed by atoms with Crippen LogP contribution in [-0.2, 0) is 21.1 Å². The molecule has 0 bridgehead atoms. The highest BCUT2D eigenvalue weighted by Gasteiger charge is 2.31. The van der Waals surface area contributed by atoms with Crippen molar-refractivity contribution in [2.24, 2.45) is 0 Å². The van der Waals surface area contributed by atoms with Gasteiger partial charge in [0.2, 0.25) is 5.91 Å². The average Bonchev–Trinajstić information content (AvgIpc) is 3.25. The fourth-order valence-electron chi connectivity index (χ4n) is 3.58. The van der Waals surface area contributed by atoms with E-state index in [4.69, 9.17) is 9.84 Å². The van der Waals surface area contributed by atoms with Crippen molar-refractivity contribution in [3.8, 4) is 5.69 Å². The number of aromatic nitrogens is 2. The standard InChI is InChI=1S/C27H32F3N5O3/c1-18-8-6-11-21(14-18)35-23(16-22(33-35)26(2,3)4)32-24(36)17-34(12-13-38-5)25(37)31-20-10-7-9-19(15-20)27(28,29)30/h6-11,14-16H,12-13,17H2,1-5H3,(H,31,37)(H,32,36). The fraction of sp³-hybridized carbons (Fsp3) is 0.370. The van der Waals surface area contributed by atoms with Gasteiger partial charge in [-0.15, -0.1) is 0 Å². The normalized spacial score (nSPS) is 11.8. The second-order valence-electron chi connectivity index (χ2n) is 9.89. The molecule has 0 saturated carbocycles. The van der Waals surface area contributed by atoms with Gasteiger partial charge in [0.05, 0.1) is 23.6 Å². The number of carbonyl (C=O) groups is 2. The fourth-order valence-corrected chi connectivity index (χ4v) is 3.58. The second kappa shape index (κ2) is 11.7. The van der Waals surface area contributed by atoms with E-state index in [1.54, 1.807) is 10.7 Å². The first-order chi connectivity index (χ1) is 17.8. The SMILES string of the molecule is COCCN(CC(=O)Nc1cc(C(C)(C)C)nn1-c1cccc(C)c1)C(=O)Nc1cccc(C(F)(F)F)c1. The third-order valence-corrected chi connectivity index (χ3v) is 5.62. The van der Waals surface area contributed by atoms with Gasteiger partial charge < -0.3 is 20.3 Å². The molecule has 0 aliphatic rings. The highest BCUT2D eigenvalue weighted by molar-refractivity contribution is 5.96. The third kappa shape index (κ3) is 7.58. The zero-order valence-corrected chi connectivity index (χ0v) is 22.0. The number of ether oxygens (including phenoxy) is 1. The summed E-state index contributed by atoms with van der Waals surface area (Å²) < 4.78 is 45.9. The number of halogens is 3. The summed E-state index contributed by atoms with van der Waals surface area (Å²) in [5.74, 6) is -0.0786. The van der Waals surface area contributed by atoms with Crippen molar-refractivity contribution in [1.82, 2.24) is 14.7 Å². The molecule has 11 heteroatoms. The minimum Gasteiger partial charge on any atom is -0.383 e. The highest BCUT2D eigenvalue weighted by atomic mass is 19.4. The Balaban J connectivity index is 1.81. The minimum absolute atomic E-state index is 0.0408.